The number of allylic oxidation sites excluding steroid dienone is 4. The molecule has 27 heavy (non-hydrogen) atoms. The number of likely N-dealkylation sites (N-methyl/N-ethyl adjacent to an activating group) is 1. The number of aromatic nitrogens is 1. The third kappa shape index (κ3) is 4.24. The fourth-order valence-corrected chi connectivity index (χ4v) is 2.69. The Morgan fingerprint density at radius 1 is 1.41 bits per heavy atom. The summed E-state index contributed by atoms with van der Waals surface area (Å²) in [5.74, 6) is 0.112. The lowest BCUT2D eigenvalue weighted by Crippen LogP contribution is -2.65. The number of nitrogens with zero attached hydrogens (tertiary/aromatic N) is 1. The summed E-state index contributed by atoms with van der Waals surface area (Å²) in [6, 6.07) is 5.56. The summed E-state index contributed by atoms with van der Waals surface area (Å²) < 4.78 is 10.8. The van der Waals surface area contributed by atoms with Gasteiger partial charge in [-0.1, -0.05) is 6.07 Å². The predicted molar refractivity (Wildman–Crippen MR) is 98.8 cm³/mol. The molecule has 1 aromatic heterocycles. The molecule has 1 amide bonds. The molecule has 0 radical (unpaired) electrons. The number of aliphatic hydroxyl groups is 1. The molecule has 1 fully saturated rings. The van der Waals surface area contributed by atoms with E-state index in [0.717, 1.165) is 5.69 Å². The summed E-state index contributed by atoms with van der Waals surface area (Å²) in [7, 11) is 1.61. The van der Waals surface area contributed by atoms with Crippen molar-refractivity contribution in [1.82, 2.24) is 15.6 Å². The minimum Gasteiger partial charge on any atom is -0.487 e. The Hall–Kier alpha value is -2.97. The number of rotatable bonds is 7. The first-order valence-corrected chi connectivity index (χ1v) is 8.51. The number of pyridine rings is 1. The topological polar surface area (TPSA) is 117 Å². The van der Waals surface area contributed by atoms with Crippen LogP contribution in [0, 0.1) is 5.41 Å². The van der Waals surface area contributed by atoms with Crippen molar-refractivity contribution in [1.29, 1.82) is 5.41 Å². The molecular weight excluding hydrogens is 348 g/mol. The standard InChI is InChI=1S/C19H22N4O4/c1-21-17(18(25)23-19(10-24)11-26-12-19)15-8-14(5-6-16(15)20)27-9-13-4-2-3-7-22-13/h2-8,20-21,24H,9-12H2,1H3,(H,23,25)/b17-15-,20-16?. The molecule has 1 aromatic rings. The van der Waals surface area contributed by atoms with E-state index in [1.807, 2.05) is 18.2 Å². The number of ether oxygens (including phenoxy) is 2. The first-order valence-electron chi connectivity index (χ1n) is 8.51. The molecular formula is C19H22N4O4. The lowest BCUT2D eigenvalue weighted by atomic mass is 9.97. The molecule has 0 atom stereocenters. The van der Waals surface area contributed by atoms with Crippen molar-refractivity contribution in [3.63, 3.8) is 0 Å². The maximum Gasteiger partial charge on any atom is 0.268 e. The molecule has 1 aliphatic carbocycles. The molecule has 1 saturated heterocycles. The lowest BCUT2D eigenvalue weighted by Gasteiger charge is -2.40. The molecule has 3 rings (SSSR count). The molecule has 0 saturated carbocycles. The number of nitrogens with one attached hydrogen (secondary N) is 3. The minimum absolute atomic E-state index is 0.183. The predicted octanol–water partition coefficient (Wildman–Crippen LogP) is 0.423. The van der Waals surface area contributed by atoms with Crippen LogP contribution in [0.3, 0.4) is 0 Å². The van der Waals surface area contributed by atoms with Gasteiger partial charge in [-0.15, -0.1) is 0 Å². The van der Waals surface area contributed by atoms with E-state index in [2.05, 4.69) is 15.6 Å². The highest BCUT2D eigenvalue weighted by Crippen LogP contribution is 2.20. The monoisotopic (exact) mass is 370 g/mol. The minimum atomic E-state index is -0.769. The highest BCUT2D eigenvalue weighted by atomic mass is 16.5. The van der Waals surface area contributed by atoms with E-state index in [4.69, 9.17) is 14.9 Å². The fourth-order valence-electron chi connectivity index (χ4n) is 2.69. The third-order valence-corrected chi connectivity index (χ3v) is 4.29. The van der Waals surface area contributed by atoms with Crippen LogP contribution in [0.5, 0.6) is 0 Å². The average Bonchev–Trinajstić information content (AvgIpc) is 2.66. The van der Waals surface area contributed by atoms with Crippen LogP contribution in [-0.4, -0.2) is 54.1 Å². The molecule has 2 aliphatic rings. The number of carbonyl (C=O) groups is 1. The van der Waals surface area contributed by atoms with E-state index in [1.165, 1.54) is 0 Å². The van der Waals surface area contributed by atoms with Crippen LogP contribution >= 0.6 is 0 Å². The molecule has 0 spiro atoms. The summed E-state index contributed by atoms with van der Waals surface area (Å²) in [4.78, 5) is 16.9. The van der Waals surface area contributed by atoms with Crippen molar-refractivity contribution in [3.05, 3.63) is 65.3 Å². The van der Waals surface area contributed by atoms with E-state index in [-0.39, 0.29) is 37.8 Å². The quantitative estimate of drug-likeness (QED) is 0.517. The molecule has 4 N–H and O–H groups in total. The molecule has 0 aromatic carbocycles. The van der Waals surface area contributed by atoms with Crippen molar-refractivity contribution in [2.45, 2.75) is 12.1 Å². The van der Waals surface area contributed by atoms with Gasteiger partial charge in [-0.05, 0) is 30.4 Å². The fraction of sp³-hybridized carbons (Fsp3) is 0.316. The summed E-state index contributed by atoms with van der Waals surface area (Å²) in [5, 5.41) is 23.3. The van der Waals surface area contributed by atoms with Gasteiger partial charge in [-0.25, -0.2) is 0 Å². The van der Waals surface area contributed by atoms with E-state index >= 15 is 0 Å². The lowest BCUT2D eigenvalue weighted by molar-refractivity contribution is -0.134. The zero-order valence-corrected chi connectivity index (χ0v) is 15.0. The summed E-state index contributed by atoms with van der Waals surface area (Å²) in [5.41, 5.74) is 0.820. The summed E-state index contributed by atoms with van der Waals surface area (Å²) >= 11 is 0. The maximum atomic E-state index is 12.7. The van der Waals surface area contributed by atoms with Gasteiger partial charge < -0.3 is 30.6 Å². The second-order valence-corrected chi connectivity index (χ2v) is 6.33. The van der Waals surface area contributed by atoms with Gasteiger partial charge >= 0.3 is 0 Å². The Morgan fingerprint density at radius 3 is 2.81 bits per heavy atom. The van der Waals surface area contributed by atoms with Gasteiger partial charge in [0, 0.05) is 18.8 Å². The van der Waals surface area contributed by atoms with Crippen molar-refractivity contribution in [3.8, 4) is 0 Å². The summed E-state index contributed by atoms with van der Waals surface area (Å²) in [6.07, 6.45) is 6.58. The van der Waals surface area contributed by atoms with Crippen molar-refractivity contribution >= 4 is 11.6 Å². The summed E-state index contributed by atoms with van der Waals surface area (Å²) in [6.45, 7) is 0.584. The second-order valence-electron chi connectivity index (χ2n) is 6.33. The first-order chi connectivity index (χ1) is 13.1. The van der Waals surface area contributed by atoms with Gasteiger partial charge in [0.2, 0.25) is 0 Å². The molecule has 0 unspecified atom stereocenters. The van der Waals surface area contributed by atoms with Crippen LogP contribution in [0.2, 0.25) is 0 Å². The van der Waals surface area contributed by atoms with Gasteiger partial charge in [-0.3, -0.25) is 9.78 Å². The Bertz CT molecular complexity index is 805. The van der Waals surface area contributed by atoms with E-state index < -0.39 is 11.4 Å². The number of aliphatic hydroxyl groups excluding tert-OH is 1. The SMILES string of the molecule is CN/C(C(=O)NC1(CO)COC1)=C1/C=C(OCc2ccccn2)C=CC1=N. The highest BCUT2D eigenvalue weighted by Gasteiger charge is 2.40. The normalized spacial score (nSPS) is 19.6. The number of carbonyl (C=O) groups excluding carboxylic acids is 1. The first kappa shape index (κ1) is 18.8. The Labute approximate surface area is 157 Å². The smallest absolute Gasteiger partial charge is 0.268 e. The van der Waals surface area contributed by atoms with Crippen LogP contribution in [0.1, 0.15) is 5.69 Å². The van der Waals surface area contributed by atoms with Gasteiger partial charge in [0.25, 0.3) is 5.91 Å². The Kier molecular flexibility index (Phi) is 5.68. The van der Waals surface area contributed by atoms with Gasteiger partial charge in [0.15, 0.2) is 0 Å². The molecule has 8 nitrogen and oxygen atoms in total. The Balaban J connectivity index is 1.77. The third-order valence-electron chi connectivity index (χ3n) is 4.29. The molecule has 142 valence electrons. The van der Waals surface area contributed by atoms with Gasteiger partial charge in [0.05, 0.1) is 31.2 Å². The number of amides is 1. The van der Waals surface area contributed by atoms with Crippen LogP contribution in [0.15, 0.2) is 59.7 Å². The molecule has 8 heteroatoms. The maximum absolute atomic E-state index is 12.7. The second kappa shape index (κ2) is 8.15. The van der Waals surface area contributed by atoms with Crippen LogP contribution in [0.25, 0.3) is 0 Å². The highest BCUT2D eigenvalue weighted by molar-refractivity contribution is 6.14. The number of hydrogen-bond donors (Lipinski definition) is 4. The van der Waals surface area contributed by atoms with Crippen LogP contribution < -0.4 is 10.6 Å². The van der Waals surface area contributed by atoms with Crippen molar-refractivity contribution in [2.75, 3.05) is 26.9 Å². The largest absolute Gasteiger partial charge is 0.487 e. The van der Waals surface area contributed by atoms with E-state index in [9.17, 15) is 9.90 Å². The van der Waals surface area contributed by atoms with Crippen LogP contribution in [0.4, 0.5) is 0 Å². The van der Waals surface area contributed by atoms with E-state index in [0.29, 0.717) is 11.3 Å². The average molecular weight is 370 g/mol. The van der Waals surface area contributed by atoms with Crippen LogP contribution in [-0.2, 0) is 20.9 Å². The molecule has 2 heterocycles. The Morgan fingerprint density at radius 2 is 2.22 bits per heavy atom. The van der Waals surface area contributed by atoms with Crippen molar-refractivity contribution in [2.24, 2.45) is 0 Å². The van der Waals surface area contributed by atoms with Crippen molar-refractivity contribution < 1.29 is 19.4 Å². The zero-order valence-electron chi connectivity index (χ0n) is 15.0. The van der Waals surface area contributed by atoms with E-state index in [1.54, 1.807) is 31.5 Å². The number of hydrogen-bond acceptors (Lipinski definition) is 7. The zero-order chi connectivity index (χ0) is 19.3. The molecule has 1 aliphatic heterocycles. The van der Waals surface area contributed by atoms with Gasteiger partial charge in [-0.2, -0.15) is 0 Å². The molecule has 0 bridgehead atoms. The van der Waals surface area contributed by atoms with Gasteiger partial charge in [0.1, 0.15) is 23.6 Å².